The van der Waals surface area contributed by atoms with Gasteiger partial charge in [0.1, 0.15) is 5.82 Å². The molecule has 4 rings (SSSR count). The van der Waals surface area contributed by atoms with Gasteiger partial charge in [-0.3, -0.25) is 14.9 Å². The molecule has 2 aromatic carbocycles. The molecule has 2 N–H and O–H groups in total. The number of non-ortho nitro benzene ring substituents is 1. The first-order valence-corrected chi connectivity index (χ1v) is 7.28. The lowest BCUT2D eigenvalue weighted by Gasteiger charge is -1.94. The number of fused-ring (bicyclic) bond motifs is 2. The van der Waals surface area contributed by atoms with E-state index in [-0.39, 0.29) is 38.9 Å². The van der Waals surface area contributed by atoms with Crippen molar-refractivity contribution in [1.29, 1.82) is 0 Å². The molecule has 9 nitrogen and oxygen atoms in total. The third kappa shape index (κ3) is 2.40. The molecule has 1 amide bonds. The number of aromatic hydroxyl groups is 1. The van der Waals surface area contributed by atoms with Crippen LogP contribution in [0.4, 0.5) is 15.8 Å². The van der Waals surface area contributed by atoms with Crippen molar-refractivity contribution in [1.82, 2.24) is 4.98 Å². The van der Waals surface area contributed by atoms with E-state index < -0.39 is 16.6 Å². The summed E-state index contributed by atoms with van der Waals surface area (Å²) in [4.78, 5) is 28.6. The van der Waals surface area contributed by atoms with Crippen molar-refractivity contribution >= 4 is 33.9 Å². The van der Waals surface area contributed by atoms with Crippen molar-refractivity contribution in [3.8, 4) is 5.88 Å². The number of halogens is 1. The lowest BCUT2D eigenvalue weighted by molar-refractivity contribution is -0.384. The fourth-order valence-corrected chi connectivity index (χ4v) is 2.64. The monoisotopic (exact) mass is 353 g/mol. The number of hydrogen-bond donors (Lipinski definition) is 2. The number of amides is 1. The summed E-state index contributed by atoms with van der Waals surface area (Å²) in [5, 5.41) is 29.2. The minimum Gasteiger partial charge on any atom is -0.493 e. The van der Waals surface area contributed by atoms with Crippen molar-refractivity contribution in [3.63, 3.8) is 0 Å². The highest BCUT2D eigenvalue weighted by Crippen LogP contribution is 2.37. The maximum absolute atomic E-state index is 13.4. The van der Waals surface area contributed by atoms with Gasteiger partial charge in [0.2, 0.25) is 5.88 Å². The number of hydrogen-bond acceptors (Lipinski definition) is 6. The van der Waals surface area contributed by atoms with Gasteiger partial charge in [-0.15, -0.1) is 10.2 Å². The number of carbonyl (C=O) groups is 1. The minimum absolute atomic E-state index is 0.0751. The quantitative estimate of drug-likeness (QED) is 0.423. The van der Waals surface area contributed by atoms with Gasteiger partial charge in [0.15, 0.2) is 11.4 Å². The minimum atomic E-state index is -0.695. The standard InChI is InChI=1S/C16H8FN5O4/c17-7-1-3-11-9(5-7)13(15(23)18-11)20-21-14-10-6-8(22(25)26)2-4-12(10)19-16(14)24/h1-6,19,24H. The van der Waals surface area contributed by atoms with E-state index in [2.05, 4.69) is 20.2 Å². The molecule has 10 heteroatoms. The Kier molecular flexibility index (Phi) is 3.32. The molecule has 0 spiro atoms. The van der Waals surface area contributed by atoms with Crippen molar-refractivity contribution in [2.24, 2.45) is 15.2 Å². The molecule has 0 aliphatic carbocycles. The molecule has 1 aliphatic rings. The number of rotatable bonds is 3. The molecule has 0 bridgehead atoms. The van der Waals surface area contributed by atoms with Crippen LogP contribution in [0.5, 0.6) is 5.88 Å². The Bertz CT molecular complexity index is 1260. The van der Waals surface area contributed by atoms with Crippen LogP contribution in [-0.2, 0) is 4.79 Å². The Morgan fingerprint density at radius 2 is 2.00 bits per heavy atom. The van der Waals surface area contributed by atoms with Gasteiger partial charge in [-0.1, -0.05) is 0 Å². The van der Waals surface area contributed by atoms with Gasteiger partial charge in [-0.05, 0) is 24.3 Å². The molecule has 128 valence electrons. The zero-order valence-corrected chi connectivity index (χ0v) is 12.8. The van der Waals surface area contributed by atoms with Crippen molar-refractivity contribution < 1.29 is 19.2 Å². The SMILES string of the molecule is O=C1N=c2ccc(F)cc2=C1N=Nc1c(O)[nH]c2ccc([N+](=O)[O-])cc12. The average Bonchev–Trinajstić information content (AvgIpc) is 3.07. The van der Waals surface area contributed by atoms with Crippen molar-refractivity contribution in [3.05, 3.63) is 62.9 Å². The van der Waals surface area contributed by atoms with E-state index in [0.29, 0.717) is 5.52 Å². The fraction of sp³-hybridized carbons (Fsp3) is 0. The van der Waals surface area contributed by atoms with Crippen molar-refractivity contribution in [2.45, 2.75) is 0 Å². The number of aromatic nitrogens is 1. The number of nitro benzene ring substituents is 1. The zero-order valence-electron chi connectivity index (χ0n) is 12.8. The van der Waals surface area contributed by atoms with E-state index in [4.69, 9.17) is 0 Å². The summed E-state index contributed by atoms with van der Waals surface area (Å²) in [6.45, 7) is 0. The molecule has 0 saturated heterocycles. The maximum Gasteiger partial charge on any atom is 0.298 e. The molecular weight excluding hydrogens is 345 g/mol. The number of H-pyrrole nitrogens is 1. The van der Waals surface area contributed by atoms with E-state index >= 15 is 0 Å². The number of azo groups is 1. The van der Waals surface area contributed by atoms with E-state index in [9.17, 15) is 24.4 Å². The van der Waals surface area contributed by atoms with Crippen LogP contribution in [0.3, 0.4) is 0 Å². The van der Waals surface area contributed by atoms with E-state index in [1.807, 2.05) is 0 Å². The Labute approximate surface area is 143 Å². The third-order valence-electron chi connectivity index (χ3n) is 3.83. The molecule has 1 aliphatic heterocycles. The highest BCUT2D eigenvalue weighted by molar-refractivity contribution is 6.14. The summed E-state index contributed by atoms with van der Waals surface area (Å²) in [7, 11) is 0. The molecular formula is C16H8FN5O4. The van der Waals surface area contributed by atoms with Gasteiger partial charge in [0, 0.05) is 22.7 Å². The first-order chi connectivity index (χ1) is 12.4. The average molecular weight is 353 g/mol. The van der Waals surface area contributed by atoms with Crippen LogP contribution in [-0.4, -0.2) is 20.9 Å². The lowest BCUT2D eigenvalue weighted by Crippen LogP contribution is -2.22. The van der Waals surface area contributed by atoms with Gasteiger partial charge < -0.3 is 10.1 Å². The normalized spacial score (nSPS) is 13.4. The van der Waals surface area contributed by atoms with E-state index in [1.165, 1.54) is 30.3 Å². The molecule has 0 saturated carbocycles. The predicted molar refractivity (Wildman–Crippen MR) is 86.7 cm³/mol. The molecule has 1 aromatic heterocycles. The smallest absolute Gasteiger partial charge is 0.298 e. The largest absolute Gasteiger partial charge is 0.493 e. The van der Waals surface area contributed by atoms with Gasteiger partial charge in [0.25, 0.3) is 11.6 Å². The lowest BCUT2D eigenvalue weighted by atomic mass is 10.2. The number of aromatic amines is 1. The van der Waals surface area contributed by atoms with Gasteiger partial charge in [0.05, 0.1) is 15.8 Å². The Morgan fingerprint density at radius 1 is 1.19 bits per heavy atom. The summed E-state index contributed by atoms with van der Waals surface area (Å²) in [6, 6.07) is 7.53. The predicted octanol–water partition coefficient (Wildman–Crippen LogP) is 1.97. The number of nitro groups is 1. The number of benzene rings is 2. The molecule has 0 radical (unpaired) electrons. The van der Waals surface area contributed by atoms with Crippen LogP contribution in [0.1, 0.15) is 0 Å². The number of carbonyl (C=O) groups excluding carboxylic acids is 1. The topological polar surface area (TPSA) is 133 Å². The Balaban J connectivity index is 1.88. The van der Waals surface area contributed by atoms with E-state index in [1.54, 1.807) is 0 Å². The summed E-state index contributed by atoms with van der Waals surface area (Å²) in [5.41, 5.74) is -0.0478. The second-order valence-electron chi connectivity index (χ2n) is 5.44. The second kappa shape index (κ2) is 5.55. The Morgan fingerprint density at radius 3 is 2.77 bits per heavy atom. The molecule has 0 fully saturated rings. The fourth-order valence-electron chi connectivity index (χ4n) is 2.64. The van der Waals surface area contributed by atoms with Crippen LogP contribution < -0.4 is 10.6 Å². The first-order valence-electron chi connectivity index (χ1n) is 7.28. The van der Waals surface area contributed by atoms with Crippen LogP contribution >= 0.6 is 0 Å². The summed E-state index contributed by atoms with van der Waals surface area (Å²) < 4.78 is 13.4. The second-order valence-corrected chi connectivity index (χ2v) is 5.44. The number of nitrogens with one attached hydrogen (secondary N) is 1. The summed E-state index contributed by atoms with van der Waals surface area (Å²) in [5.74, 6) is -1.63. The molecule has 0 atom stereocenters. The van der Waals surface area contributed by atoms with Gasteiger partial charge in [-0.25, -0.2) is 9.38 Å². The maximum atomic E-state index is 13.4. The Hall–Kier alpha value is -3.95. The van der Waals surface area contributed by atoms with Crippen LogP contribution in [0.25, 0.3) is 16.6 Å². The third-order valence-corrected chi connectivity index (χ3v) is 3.83. The molecule has 3 aromatic rings. The van der Waals surface area contributed by atoms with Crippen molar-refractivity contribution in [2.75, 3.05) is 0 Å². The van der Waals surface area contributed by atoms with Crippen LogP contribution in [0.2, 0.25) is 0 Å². The van der Waals surface area contributed by atoms with E-state index in [0.717, 1.165) is 6.07 Å². The zero-order chi connectivity index (χ0) is 18.4. The first kappa shape index (κ1) is 15.6. The van der Waals surface area contributed by atoms with Crippen LogP contribution in [0.15, 0.2) is 51.6 Å². The van der Waals surface area contributed by atoms with Gasteiger partial charge >= 0.3 is 0 Å². The number of nitrogens with zero attached hydrogens (tertiary/aromatic N) is 4. The summed E-state index contributed by atoms with van der Waals surface area (Å²) >= 11 is 0. The van der Waals surface area contributed by atoms with Crippen LogP contribution in [0, 0.1) is 15.9 Å². The highest BCUT2D eigenvalue weighted by atomic mass is 19.1. The molecule has 26 heavy (non-hydrogen) atoms. The van der Waals surface area contributed by atoms with Gasteiger partial charge in [-0.2, -0.15) is 0 Å². The highest BCUT2D eigenvalue weighted by Gasteiger charge is 2.19. The molecule has 2 heterocycles. The summed E-state index contributed by atoms with van der Waals surface area (Å²) in [6.07, 6.45) is 0. The molecule has 0 unspecified atom stereocenters.